The molecular formula is C14H15ClO4S. The van der Waals surface area contributed by atoms with Gasteiger partial charge in [-0.25, -0.2) is 0 Å². The van der Waals surface area contributed by atoms with E-state index in [2.05, 4.69) is 0 Å². The van der Waals surface area contributed by atoms with Crippen LogP contribution in [0, 0.1) is 0 Å². The summed E-state index contributed by atoms with van der Waals surface area (Å²) in [6, 6.07) is 5.22. The van der Waals surface area contributed by atoms with Gasteiger partial charge in [0.1, 0.15) is 28.4 Å². The third-order valence-electron chi connectivity index (χ3n) is 2.91. The summed E-state index contributed by atoms with van der Waals surface area (Å²) in [5.41, 5.74) is 0.586. The van der Waals surface area contributed by atoms with Gasteiger partial charge in [-0.1, -0.05) is 11.6 Å². The molecule has 0 aliphatic carbocycles. The minimum absolute atomic E-state index is 0.343. The Morgan fingerprint density at radius 2 is 1.90 bits per heavy atom. The van der Waals surface area contributed by atoms with E-state index in [-0.39, 0.29) is 0 Å². The van der Waals surface area contributed by atoms with E-state index < -0.39 is 6.10 Å². The summed E-state index contributed by atoms with van der Waals surface area (Å²) >= 11 is 7.60. The summed E-state index contributed by atoms with van der Waals surface area (Å²) in [4.78, 5) is 0.751. The van der Waals surface area contributed by atoms with Crippen molar-refractivity contribution in [3.63, 3.8) is 0 Å². The zero-order valence-electron chi connectivity index (χ0n) is 11.3. The lowest BCUT2D eigenvalue weighted by Gasteiger charge is -2.16. The molecule has 2 aromatic rings. The molecule has 0 fully saturated rings. The van der Waals surface area contributed by atoms with E-state index >= 15 is 0 Å². The Hall–Kier alpha value is -1.43. The molecule has 20 heavy (non-hydrogen) atoms. The molecule has 1 atom stereocenters. The average molecular weight is 315 g/mol. The molecule has 0 aliphatic heterocycles. The van der Waals surface area contributed by atoms with E-state index in [1.54, 1.807) is 25.3 Å². The molecule has 1 aromatic heterocycles. The van der Waals surface area contributed by atoms with E-state index in [0.717, 1.165) is 4.88 Å². The van der Waals surface area contributed by atoms with E-state index in [1.165, 1.54) is 25.6 Å². The SMILES string of the molecule is COc1csc(C(O)c2ccc(OC)c(Cl)c2OC)c1. The number of thiophene rings is 1. The Morgan fingerprint density at radius 1 is 1.15 bits per heavy atom. The van der Waals surface area contributed by atoms with Crippen LogP contribution in [0.1, 0.15) is 16.5 Å². The fourth-order valence-corrected chi connectivity index (χ4v) is 3.05. The van der Waals surface area contributed by atoms with Crippen LogP contribution in [0.4, 0.5) is 0 Å². The third-order valence-corrected chi connectivity index (χ3v) is 4.23. The Labute approximate surface area is 126 Å². The van der Waals surface area contributed by atoms with Crippen molar-refractivity contribution < 1.29 is 19.3 Å². The Balaban J connectivity index is 2.43. The lowest BCUT2D eigenvalue weighted by molar-refractivity contribution is 0.218. The number of benzene rings is 1. The molecule has 0 radical (unpaired) electrons. The standard InChI is InChI=1S/C14H15ClO4S/c1-17-8-6-11(20-7-8)13(16)9-4-5-10(18-2)12(15)14(9)19-3/h4-7,13,16H,1-3H3. The number of aliphatic hydroxyl groups excluding tert-OH is 1. The van der Waals surface area contributed by atoms with Crippen molar-refractivity contribution in [3.8, 4) is 17.2 Å². The fraction of sp³-hybridized carbons (Fsp3) is 0.286. The van der Waals surface area contributed by atoms with Crippen LogP contribution < -0.4 is 14.2 Å². The highest BCUT2D eigenvalue weighted by atomic mass is 35.5. The highest BCUT2D eigenvalue weighted by molar-refractivity contribution is 7.10. The summed E-state index contributed by atoms with van der Waals surface area (Å²) in [7, 11) is 4.62. The third kappa shape index (κ3) is 2.70. The zero-order chi connectivity index (χ0) is 14.7. The van der Waals surface area contributed by atoms with Gasteiger partial charge >= 0.3 is 0 Å². The Bertz CT molecular complexity index is 597. The topological polar surface area (TPSA) is 47.9 Å². The molecule has 6 heteroatoms. The van der Waals surface area contributed by atoms with E-state index in [0.29, 0.717) is 27.8 Å². The number of aliphatic hydroxyl groups is 1. The molecule has 0 saturated carbocycles. The maximum Gasteiger partial charge on any atom is 0.147 e. The van der Waals surface area contributed by atoms with Crippen molar-refractivity contribution in [2.45, 2.75) is 6.10 Å². The van der Waals surface area contributed by atoms with Gasteiger partial charge in [0.15, 0.2) is 0 Å². The predicted molar refractivity (Wildman–Crippen MR) is 79.5 cm³/mol. The fourth-order valence-electron chi connectivity index (χ4n) is 1.87. The first-order valence-electron chi connectivity index (χ1n) is 5.83. The average Bonchev–Trinajstić information content (AvgIpc) is 2.95. The molecule has 1 aromatic carbocycles. The first kappa shape index (κ1) is 15.0. The summed E-state index contributed by atoms with van der Waals surface area (Å²) < 4.78 is 15.6. The van der Waals surface area contributed by atoms with Crippen LogP contribution in [-0.2, 0) is 0 Å². The Kier molecular flexibility index (Phi) is 4.75. The van der Waals surface area contributed by atoms with Gasteiger partial charge in [0.2, 0.25) is 0 Å². The van der Waals surface area contributed by atoms with Gasteiger partial charge in [0.25, 0.3) is 0 Å². The summed E-state index contributed by atoms with van der Waals surface area (Å²) in [5, 5.41) is 12.6. The molecule has 4 nitrogen and oxygen atoms in total. The van der Waals surface area contributed by atoms with E-state index in [4.69, 9.17) is 25.8 Å². The van der Waals surface area contributed by atoms with Crippen LogP contribution in [0.15, 0.2) is 23.6 Å². The van der Waals surface area contributed by atoms with Crippen LogP contribution in [-0.4, -0.2) is 26.4 Å². The van der Waals surface area contributed by atoms with Gasteiger partial charge in [-0.3, -0.25) is 0 Å². The first-order valence-corrected chi connectivity index (χ1v) is 7.09. The van der Waals surface area contributed by atoms with Crippen LogP contribution in [0.5, 0.6) is 17.2 Å². The van der Waals surface area contributed by atoms with Gasteiger partial charge in [-0.2, -0.15) is 0 Å². The van der Waals surface area contributed by atoms with Crippen molar-refractivity contribution in [1.82, 2.24) is 0 Å². The number of halogens is 1. The lowest BCUT2D eigenvalue weighted by Crippen LogP contribution is -2.02. The van der Waals surface area contributed by atoms with Gasteiger partial charge < -0.3 is 19.3 Å². The molecule has 1 unspecified atom stereocenters. The van der Waals surface area contributed by atoms with Crippen molar-refractivity contribution >= 4 is 22.9 Å². The smallest absolute Gasteiger partial charge is 0.147 e. The highest BCUT2D eigenvalue weighted by Gasteiger charge is 2.21. The lowest BCUT2D eigenvalue weighted by atomic mass is 10.1. The van der Waals surface area contributed by atoms with Gasteiger partial charge in [-0.05, 0) is 18.2 Å². The van der Waals surface area contributed by atoms with Crippen LogP contribution in [0.3, 0.4) is 0 Å². The highest BCUT2D eigenvalue weighted by Crippen LogP contribution is 2.42. The normalized spacial score (nSPS) is 12.1. The summed E-state index contributed by atoms with van der Waals surface area (Å²) in [6.45, 7) is 0. The summed E-state index contributed by atoms with van der Waals surface area (Å²) in [5.74, 6) is 1.62. The van der Waals surface area contributed by atoms with Crippen LogP contribution >= 0.6 is 22.9 Å². The second-order valence-corrected chi connectivity index (χ2v) is 5.32. The molecule has 0 saturated heterocycles. The largest absolute Gasteiger partial charge is 0.496 e. The van der Waals surface area contributed by atoms with E-state index in [9.17, 15) is 5.11 Å². The first-order chi connectivity index (χ1) is 9.62. The van der Waals surface area contributed by atoms with E-state index in [1.807, 2.05) is 5.38 Å². The summed E-state index contributed by atoms with van der Waals surface area (Å²) in [6.07, 6.45) is -0.831. The number of hydrogen-bond acceptors (Lipinski definition) is 5. The molecule has 0 spiro atoms. The van der Waals surface area contributed by atoms with Gasteiger partial charge in [0, 0.05) is 15.8 Å². The molecule has 1 heterocycles. The van der Waals surface area contributed by atoms with Gasteiger partial charge in [0.05, 0.1) is 21.3 Å². The maximum absolute atomic E-state index is 10.5. The predicted octanol–water partition coefficient (Wildman–Crippen LogP) is 3.51. The molecular weight excluding hydrogens is 300 g/mol. The second-order valence-electron chi connectivity index (χ2n) is 4.00. The monoisotopic (exact) mass is 314 g/mol. The molecule has 0 amide bonds. The Morgan fingerprint density at radius 3 is 2.45 bits per heavy atom. The van der Waals surface area contributed by atoms with Gasteiger partial charge in [-0.15, -0.1) is 11.3 Å². The van der Waals surface area contributed by atoms with Crippen molar-refractivity contribution in [2.24, 2.45) is 0 Å². The number of methoxy groups -OCH3 is 3. The molecule has 2 rings (SSSR count). The molecule has 1 N–H and O–H groups in total. The second kappa shape index (κ2) is 6.35. The quantitative estimate of drug-likeness (QED) is 0.917. The minimum Gasteiger partial charge on any atom is -0.496 e. The number of hydrogen-bond donors (Lipinski definition) is 1. The maximum atomic E-state index is 10.5. The number of ether oxygens (including phenoxy) is 3. The van der Waals surface area contributed by atoms with Crippen LogP contribution in [0.2, 0.25) is 5.02 Å². The molecule has 108 valence electrons. The van der Waals surface area contributed by atoms with Crippen LogP contribution in [0.25, 0.3) is 0 Å². The minimum atomic E-state index is -0.831. The number of rotatable bonds is 5. The van der Waals surface area contributed by atoms with Crippen molar-refractivity contribution in [3.05, 3.63) is 39.0 Å². The van der Waals surface area contributed by atoms with Crippen molar-refractivity contribution in [1.29, 1.82) is 0 Å². The molecule has 0 aliphatic rings. The molecule has 0 bridgehead atoms. The zero-order valence-corrected chi connectivity index (χ0v) is 12.9. The van der Waals surface area contributed by atoms with Crippen molar-refractivity contribution in [2.75, 3.05) is 21.3 Å².